The number of nitrogens with zero attached hydrogens (tertiary/aromatic N) is 2. The molecule has 2 aromatic carbocycles. The van der Waals surface area contributed by atoms with Gasteiger partial charge in [-0.05, 0) is 41.7 Å². The van der Waals surface area contributed by atoms with Crippen molar-refractivity contribution in [3.8, 4) is 0 Å². The van der Waals surface area contributed by atoms with E-state index in [4.69, 9.17) is 0 Å². The van der Waals surface area contributed by atoms with Crippen molar-refractivity contribution < 1.29 is 0 Å². The Kier molecular flexibility index (Phi) is 4.71. The number of aryl methyl sites for hydroxylation is 2. The second kappa shape index (κ2) is 7.28. The number of hydrogen-bond donors (Lipinski definition) is 0. The molecule has 0 saturated heterocycles. The first-order valence-corrected chi connectivity index (χ1v) is 9.37. The molecule has 1 aliphatic rings. The zero-order valence-corrected chi connectivity index (χ0v) is 14.9. The molecule has 0 radical (unpaired) electrons. The molecule has 0 fully saturated rings. The molecule has 1 aromatic heterocycles. The van der Waals surface area contributed by atoms with E-state index in [2.05, 4.69) is 89.3 Å². The van der Waals surface area contributed by atoms with Gasteiger partial charge in [-0.15, -0.1) is 0 Å². The minimum Gasteiger partial charge on any atom is -0.350 e. The third-order valence-corrected chi connectivity index (χ3v) is 5.29. The summed E-state index contributed by atoms with van der Waals surface area (Å²) < 4.78 is 2.43. The van der Waals surface area contributed by atoms with Crippen LogP contribution in [0.25, 0.3) is 0 Å². The van der Waals surface area contributed by atoms with Gasteiger partial charge in [-0.3, -0.25) is 4.90 Å². The van der Waals surface area contributed by atoms with Gasteiger partial charge in [0.15, 0.2) is 0 Å². The van der Waals surface area contributed by atoms with Crippen LogP contribution in [0.2, 0.25) is 0 Å². The molecule has 0 saturated carbocycles. The minimum absolute atomic E-state index is 0.323. The standard InChI is InChI=1S/C23H26N2/c1-2-19-11-13-21(14-12-19)23-22-10-6-15-24(22)16-7-17-25(23)18-20-8-4-3-5-9-20/h3-6,8-15,23H,2,7,16-18H2,1H3/t23-/m1/s1. The number of benzene rings is 2. The van der Waals surface area contributed by atoms with Crippen LogP contribution in [0.15, 0.2) is 72.9 Å². The molecule has 3 aromatic rings. The predicted octanol–water partition coefficient (Wildman–Crippen LogP) is 5.05. The Morgan fingerprint density at radius 2 is 1.64 bits per heavy atom. The molecule has 0 amide bonds. The van der Waals surface area contributed by atoms with Crippen molar-refractivity contribution in [2.24, 2.45) is 0 Å². The van der Waals surface area contributed by atoms with Crippen LogP contribution < -0.4 is 0 Å². The SMILES string of the molecule is CCc1ccc([C@@H]2c3cccn3CCCN2Cc2ccccc2)cc1. The van der Waals surface area contributed by atoms with Gasteiger partial charge in [0, 0.05) is 31.5 Å². The summed E-state index contributed by atoms with van der Waals surface area (Å²) in [6.45, 7) is 5.44. The van der Waals surface area contributed by atoms with Gasteiger partial charge in [0.05, 0.1) is 6.04 Å². The Morgan fingerprint density at radius 1 is 0.840 bits per heavy atom. The summed E-state index contributed by atoms with van der Waals surface area (Å²) in [5.41, 5.74) is 5.60. The maximum Gasteiger partial charge on any atom is 0.0759 e. The highest BCUT2D eigenvalue weighted by Crippen LogP contribution is 2.33. The van der Waals surface area contributed by atoms with E-state index in [-0.39, 0.29) is 0 Å². The molecule has 4 rings (SSSR count). The van der Waals surface area contributed by atoms with Gasteiger partial charge in [0.2, 0.25) is 0 Å². The van der Waals surface area contributed by atoms with Crippen molar-refractivity contribution in [3.05, 3.63) is 95.3 Å². The average molecular weight is 330 g/mol. The van der Waals surface area contributed by atoms with Crippen molar-refractivity contribution in [2.75, 3.05) is 6.54 Å². The van der Waals surface area contributed by atoms with Crippen LogP contribution in [0.1, 0.15) is 41.8 Å². The first kappa shape index (κ1) is 16.2. The van der Waals surface area contributed by atoms with Gasteiger partial charge >= 0.3 is 0 Å². The lowest BCUT2D eigenvalue weighted by Crippen LogP contribution is -2.29. The fourth-order valence-electron chi connectivity index (χ4n) is 3.94. The highest BCUT2D eigenvalue weighted by molar-refractivity contribution is 5.32. The normalized spacial score (nSPS) is 17.9. The molecule has 2 heteroatoms. The summed E-state index contributed by atoms with van der Waals surface area (Å²) >= 11 is 0. The lowest BCUT2D eigenvalue weighted by atomic mass is 9.99. The Labute approximate surface area is 150 Å². The zero-order valence-electron chi connectivity index (χ0n) is 14.9. The van der Waals surface area contributed by atoms with Crippen LogP contribution in [-0.4, -0.2) is 16.0 Å². The number of fused-ring (bicyclic) bond motifs is 1. The van der Waals surface area contributed by atoms with E-state index in [9.17, 15) is 0 Å². The Hall–Kier alpha value is -2.32. The van der Waals surface area contributed by atoms with E-state index in [1.165, 1.54) is 28.8 Å². The summed E-state index contributed by atoms with van der Waals surface area (Å²) in [5.74, 6) is 0. The van der Waals surface area contributed by atoms with Gasteiger partial charge in [0.25, 0.3) is 0 Å². The lowest BCUT2D eigenvalue weighted by Gasteiger charge is -2.31. The fraction of sp³-hybridized carbons (Fsp3) is 0.304. The monoisotopic (exact) mass is 330 g/mol. The molecule has 0 bridgehead atoms. The molecule has 0 unspecified atom stereocenters. The van der Waals surface area contributed by atoms with Crippen molar-refractivity contribution in [1.29, 1.82) is 0 Å². The van der Waals surface area contributed by atoms with Crippen LogP contribution in [0.4, 0.5) is 0 Å². The van der Waals surface area contributed by atoms with E-state index in [0.29, 0.717) is 6.04 Å². The van der Waals surface area contributed by atoms with Gasteiger partial charge in [-0.1, -0.05) is 61.5 Å². The smallest absolute Gasteiger partial charge is 0.0759 e. The van der Waals surface area contributed by atoms with E-state index in [0.717, 1.165) is 26.1 Å². The van der Waals surface area contributed by atoms with Crippen LogP contribution in [0, 0.1) is 0 Å². The van der Waals surface area contributed by atoms with Crippen LogP contribution in [0.5, 0.6) is 0 Å². The Bertz CT molecular complexity index is 802. The van der Waals surface area contributed by atoms with E-state index < -0.39 is 0 Å². The summed E-state index contributed by atoms with van der Waals surface area (Å²) in [6, 6.07) is 24.9. The second-order valence-electron chi connectivity index (χ2n) is 6.93. The molecule has 1 atom stereocenters. The van der Waals surface area contributed by atoms with E-state index >= 15 is 0 Å². The number of aromatic nitrogens is 1. The first-order valence-electron chi connectivity index (χ1n) is 9.37. The summed E-state index contributed by atoms with van der Waals surface area (Å²) in [7, 11) is 0. The third-order valence-electron chi connectivity index (χ3n) is 5.29. The molecule has 0 aliphatic carbocycles. The highest BCUT2D eigenvalue weighted by Gasteiger charge is 2.27. The average Bonchev–Trinajstić information content (AvgIpc) is 3.04. The highest BCUT2D eigenvalue weighted by atomic mass is 15.2. The minimum atomic E-state index is 0.323. The van der Waals surface area contributed by atoms with Crippen molar-refractivity contribution in [2.45, 2.75) is 38.9 Å². The van der Waals surface area contributed by atoms with Gasteiger partial charge in [-0.25, -0.2) is 0 Å². The molecular weight excluding hydrogens is 304 g/mol. The summed E-state index contributed by atoms with van der Waals surface area (Å²) in [5, 5.41) is 0. The van der Waals surface area contributed by atoms with Gasteiger partial charge in [-0.2, -0.15) is 0 Å². The maximum absolute atomic E-state index is 2.63. The predicted molar refractivity (Wildman–Crippen MR) is 104 cm³/mol. The Morgan fingerprint density at radius 3 is 2.40 bits per heavy atom. The third kappa shape index (κ3) is 3.40. The molecule has 2 heterocycles. The topological polar surface area (TPSA) is 8.17 Å². The van der Waals surface area contributed by atoms with E-state index in [1.54, 1.807) is 0 Å². The molecule has 0 spiro atoms. The molecule has 1 aliphatic heterocycles. The van der Waals surface area contributed by atoms with Crippen molar-refractivity contribution in [3.63, 3.8) is 0 Å². The molecule has 128 valence electrons. The van der Waals surface area contributed by atoms with Gasteiger partial charge in [0.1, 0.15) is 0 Å². The van der Waals surface area contributed by atoms with Crippen molar-refractivity contribution in [1.82, 2.24) is 9.47 Å². The second-order valence-corrected chi connectivity index (χ2v) is 6.93. The van der Waals surface area contributed by atoms with Crippen LogP contribution in [0.3, 0.4) is 0 Å². The zero-order chi connectivity index (χ0) is 17.1. The lowest BCUT2D eigenvalue weighted by molar-refractivity contribution is 0.220. The first-order chi connectivity index (χ1) is 12.3. The quantitative estimate of drug-likeness (QED) is 0.650. The number of hydrogen-bond acceptors (Lipinski definition) is 1. The maximum atomic E-state index is 2.63. The van der Waals surface area contributed by atoms with E-state index in [1.807, 2.05) is 0 Å². The molecule has 0 N–H and O–H groups in total. The molecular formula is C23H26N2. The largest absolute Gasteiger partial charge is 0.350 e. The number of rotatable bonds is 4. The molecule has 2 nitrogen and oxygen atoms in total. The molecule has 25 heavy (non-hydrogen) atoms. The van der Waals surface area contributed by atoms with Crippen LogP contribution >= 0.6 is 0 Å². The van der Waals surface area contributed by atoms with Gasteiger partial charge < -0.3 is 4.57 Å². The van der Waals surface area contributed by atoms with Crippen LogP contribution in [-0.2, 0) is 19.5 Å². The Balaban J connectivity index is 1.72. The van der Waals surface area contributed by atoms with Crippen molar-refractivity contribution >= 4 is 0 Å². The summed E-state index contributed by atoms with van der Waals surface area (Å²) in [4.78, 5) is 2.63. The summed E-state index contributed by atoms with van der Waals surface area (Å²) in [6.07, 6.45) is 4.52. The fourth-order valence-corrected chi connectivity index (χ4v) is 3.94.